The molecule has 0 saturated heterocycles. The molecule has 0 atom stereocenters. The van der Waals surface area contributed by atoms with Gasteiger partial charge in [0, 0.05) is 17.1 Å². The number of nitrogens with zero attached hydrogens (tertiary/aromatic N) is 2. The number of anilines is 1. The maximum absolute atomic E-state index is 13.8. The lowest BCUT2D eigenvalue weighted by molar-refractivity contribution is -0.274. The summed E-state index contributed by atoms with van der Waals surface area (Å²) in [5, 5.41) is 10.8. The van der Waals surface area contributed by atoms with Crippen LogP contribution >= 0.6 is 0 Å². The number of aryl methyl sites for hydroxylation is 2. The molecular formula is C26H21F3N2O5S. The van der Waals surface area contributed by atoms with E-state index in [4.69, 9.17) is 5.11 Å². The third-order valence-corrected chi connectivity index (χ3v) is 7.50. The second kappa shape index (κ2) is 9.74. The Labute approximate surface area is 210 Å². The van der Waals surface area contributed by atoms with Crippen molar-refractivity contribution in [2.45, 2.75) is 31.7 Å². The van der Waals surface area contributed by atoms with E-state index >= 15 is 0 Å². The van der Waals surface area contributed by atoms with Crippen LogP contribution in [0, 0.1) is 13.8 Å². The Balaban J connectivity index is 1.82. The Morgan fingerprint density at radius 2 is 1.65 bits per heavy atom. The number of halogens is 3. The number of hydrogen-bond donors (Lipinski definition) is 1. The average Bonchev–Trinajstić information content (AvgIpc) is 2.83. The van der Waals surface area contributed by atoms with Gasteiger partial charge in [-0.2, -0.15) is 0 Å². The van der Waals surface area contributed by atoms with Gasteiger partial charge in [-0.25, -0.2) is 22.5 Å². The van der Waals surface area contributed by atoms with Crippen LogP contribution in [0.5, 0.6) is 5.75 Å². The van der Waals surface area contributed by atoms with Gasteiger partial charge in [-0.3, -0.25) is 0 Å². The van der Waals surface area contributed by atoms with Gasteiger partial charge in [0.1, 0.15) is 11.6 Å². The third-order valence-electron chi connectivity index (χ3n) is 5.75. The zero-order valence-corrected chi connectivity index (χ0v) is 20.5. The smallest absolute Gasteiger partial charge is 0.478 e. The first-order valence-corrected chi connectivity index (χ1v) is 12.4. The van der Waals surface area contributed by atoms with Crippen molar-refractivity contribution < 1.29 is 36.2 Å². The normalized spacial score (nSPS) is 11.9. The number of carboxylic acid groups (broad SMARTS) is 1. The zero-order valence-electron chi connectivity index (χ0n) is 19.7. The number of aromatic nitrogens is 1. The number of rotatable bonds is 7. The van der Waals surface area contributed by atoms with E-state index in [1.807, 2.05) is 25.1 Å². The number of fused-ring (bicyclic) bond motifs is 1. The lowest BCUT2D eigenvalue weighted by Crippen LogP contribution is -2.32. The molecule has 192 valence electrons. The van der Waals surface area contributed by atoms with Gasteiger partial charge in [-0.1, -0.05) is 30.3 Å². The lowest BCUT2D eigenvalue weighted by atomic mass is 10.0. The molecule has 3 aromatic carbocycles. The summed E-state index contributed by atoms with van der Waals surface area (Å²) < 4.78 is 70.2. The largest absolute Gasteiger partial charge is 0.573 e. The molecule has 1 aromatic heterocycles. The first-order valence-electron chi connectivity index (χ1n) is 10.9. The number of alkyl halides is 3. The number of aromatic carboxylic acids is 1. The molecule has 0 spiro atoms. The molecule has 1 heterocycles. The molecule has 0 aliphatic carbocycles. The van der Waals surface area contributed by atoms with E-state index in [0.29, 0.717) is 11.1 Å². The molecule has 0 bridgehead atoms. The van der Waals surface area contributed by atoms with Crippen LogP contribution in [0.2, 0.25) is 0 Å². The van der Waals surface area contributed by atoms with Crippen LogP contribution in [0.4, 0.5) is 19.0 Å². The fourth-order valence-corrected chi connectivity index (χ4v) is 5.50. The van der Waals surface area contributed by atoms with Gasteiger partial charge in [0.05, 0.1) is 17.0 Å². The van der Waals surface area contributed by atoms with Crippen LogP contribution in [-0.2, 0) is 16.6 Å². The molecule has 11 heteroatoms. The van der Waals surface area contributed by atoms with Gasteiger partial charge in [0.25, 0.3) is 10.0 Å². The van der Waals surface area contributed by atoms with E-state index in [-0.39, 0.29) is 22.8 Å². The van der Waals surface area contributed by atoms with Crippen LogP contribution in [0.15, 0.2) is 77.8 Å². The van der Waals surface area contributed by atoms with Crippen molar-refractivity contribution in [2.24, 2.45) is 0 Å². The molecule has 0 fully saturated rings. The van der Waals surface area contributed by atoms with Crippen molar-refractivity contribution in [3.05, 3.63) is 95.2 Å². The van der Waals surface area contributed by atoms with E-state index in [0.717, 1.165) is 32.8 Å². The highest BCUT2D eigenvalue weighted by Gasteiger charge is 2.31. The van der Waals surface area contributed by atoms with E-state index in [2.05, 4.69) is 9.72 Å². The van der Waals surface area contributed by atoms with E-state index in [9.17, 15) is 26.4 Å². The monoisotopic (exact) mass is 530 g/mol. The van der Waals surface area contributed by atoms with Gasteiger partial charge >= 0.3 is 12.3 Å². The molecule has 1 N–H and O–H groups in total. The summed E-state index contributed by atoms with van der Waals surface area (Å²) >= 11 is 0. The summed E-state index contributed by atoms with van der Waals surface area (Å²) in [6.07, 6.45) is -3.30. The van der Waals surface area contributed by atoms with Crippen molar-refractivity contribution >= 4 is 32.6 Å². The summed E-state index contributed by atoms with van der Waals surface area (Å²) in [4.78, 5) is 15.5. The average molecular weight is 531 g/mol. The molecule has 7 nitrogen and oxygen atoms in total. The van der Waals surface area contributed by atoms with E-state index in [1.165, 1.54) is 36.4 Å². The second-order valence-electron chi connectivity index (χ2n) is 8.28. The zero-order chi connectivity index (χ0) is 27.0. The summed E-state index contributed by atoms with van der Waals surface area (Å²) in [6, 6.07) is 15.2. The van der Waals surface area contributed by atoms with Crippen molar-refractivity contribution in [3.8, 4) is 5.75 Å². The maximum Gasteiger partial charge on any atom is 0.573 e. The highest BCUT2D eigenvalue weighted by molar-refractivity contribution is 7.92. The van der Waals surface area contributed by atoms with E-state index in [1.54, 1.807) is 13.1 Å². The van der Waals surface area contributed by atoms with Crippen molar-refractivity contribution in [1.82, 2.24) is 4.98 Å². The first kappa shape index (κ1) is 26.0. The fourth-order valence-electron chi connectivity index (χ4n) is 4.03. The van der Waals surface area contributed by atoms with Crippen LogP contribution < -0.4 is 9.04 Å². The molecule has 4 aromatic rings. The number of benzene rings is 3. The summed E-state index contributed by atoms with van der Waals surface area (Å²) in [6.45, 7) is 3.39. The number of hydrogen-bond acceptors (Lipinski definition) is 5. The van der Waals surface area contributed by atoms with Crippen LogP contribution in [0.25, 0.3) is 10.8 Å². The topological polar surface area (TPSA) is 96.8 Å². The van der Waals surface area contributed by atoms with Gasteiger partial charge < -0.3 is 9.84 Å². The number of carboxylic acids is 1. The minimum atomic E-state index is -4.86. The van der Waals surface area contributed by atoms with Gasteiger partial charge in [-0.05, 0) is 66.8 Å². The van der Waals surface area contributed by atoms with Crippen LogP contribution in [-0.4, -0.2) is 30.8 Å². The van der Waals surface area contributed by atoms with Gasteiger partial charge in [0.2, 0.25) is 0 Å². The molecule has 4 rings (SSSR count). The molecule has 0 radical (unpaired) electrons. The predicted octanol–water partition coefficient (Wildman–Crippen LogP) is 5.84. The van der Waals surface area contributed by atoms with Gasteiger partial charge in [-0.15, -0.1) is 13.2 Å². The quantitative estimate of drug-likeness (QED) is 0.322. The molecule has 0 saturated carbocycles. The number of carbonyl (C=O) groups is 1. The summed E-state index contributed by atoms with van der Waals surface area (Å²) in [5.41, 5.74) is 1.81. The summed E-state index contributed by atoms with van der Waals surface area (Å²) in [5.74, 6) is -1.50. The molecular weight excluding hydrogens is 509 g/mol. The predicted molar refractivity (Wildman–Crippen MR) is 131 cm³/mol. The molecule has 0 aliphatic heterocycles. The Hall–Kier alpha value is -4.12. The molecule has 37 heavy (non-hydrogen) atoms. The van der Waals surface area contributed by atoms with Crippen LogP contribution in [0.1, 0.15) is 27.0 Å². The minimum Gasteiger partial charge on any atom is -0.478 e. The lowest BCUT2D eigenvalue weighted by Gasteiger charge is -2.26. The minimum absolute atomic E-state index is 0.0820. The fraction of sp³-hybridized carbons (Fsp3) is 0.154. The van der Waals surface area contributed by atoms with Crippen molar-refractivity contribution in [3.63, 3.8) is 0 Å². The molecule has 0 aliphatic rings. The maximum atomic E-state index is 13.8. The van der Waals surface area contributed by atoms with E-state index < -0.39 is 28.1 Å². The van der Waals surface area contributed by atoms with Crippen molar-refractivity contribution in [2.75, 3.05) is 4.31 Å². The molecule has 0 amide bonds. The standard InChI is InChI=1S/C26H21F3N2O5S/c1-16-4-3-5-20-14-30-24(17(2)23(16)20)31(15-18-6-10-21(11-7-18)36-26(27,28)29)37(34,35)22-12-8-19(9-13-22)25(32)33/h3-14H,15H2,1-2H3,(H,32,33). The number of ether oxygens (including phenoxy) is 1. The first-order chi connectivity index (χ1) is 17.4. The highest BCUT2D eigenvalue weighted by atomic mass is 32.2. The Morgan fingerprint density at radius 3 is 2.24 bits per heavy atom. The second-order valence-corrected chi connectivity index (χ2v) is 10.1. The van der Waals surface area contributed by atoms with Gasteiger partial charge in [0.15, 0.2) is 0 Å². The van der Waals surface area contributed by atoms with Crippen LogP contribution in [0.3, 0.4) is 0 Å². The summed E-state index contributed by atoms with van der Waals surface area (Å²) in [7, 11) is -4.27. The Morgan fingerprint density at radius 1 is 1.00 bits per heavy atom. The number of sulfonamides is 1. The number of pyridine rings is 1. The molecule has 0 unspecified atom stereocenters. The Bertz CT molecular complexity index is 1570. The van der Waals surface area contributed by atoms with Crippen molar-refractivity contribution in [1.29, 1.82) is 0 Å². The third kappa shape index (κ3) is 5.51. The highest BCUT2D eigenvalue weighted by Crippen LogP contribution is 2.33. The Kier molecular flexibility index (Phi) is 6.83. The SMILES string of the molecule is Cc1cccc2cnc(N(Cc3ccc(OC(F)(F)F)cc3)S(=O)(=O)c3ccc(C(=O)O)cc3)c(C)c12.